The number of nitrogens with one attached hydrogen (secondary N) is 2. The Kier molecular flexibility index (Phi) is 6.82. The van der Waals surface area contributed by atoms with Crippen molar-refractivity contribution in [1.82, 2.24) is 4.72 Å². The van der Waals surface area contributed by atoms with Gasteiger partial charge in [-0.1, -0.05) is 28.1 Å². The summed E-state index contributed by atoms with van der Waals surface area (Å²) in [5, 5.41) is 13.8. The van der Waals surface area contributed by atoms with E-state index in [1.165, 1.54) is 12.1 Å². The minimum atomic E-state index is -4.89. The topological polar surface area (TPSA) is 101 Å². The van der Waals surface area contributed by atoms with Crippen LogP contribution in [0.3, 0.4) is 0 Å². The van der Waals surface area contributed by atoms with Crippen LogP contribution in [0.4, 0.5) is 28.9 Å². The molecule has 2 aromatic rings. The Hall–Kier alpha value is -2.25. The highest BCUT2D eigenvalue weighted by atomic mass is 79.9. The second-order valence-corrected chi connectivity index (χ2v) is 10.1. The summed E-state index contributed by atoms with van der Waals surface area (Å²) in [6.07, 6.45) is -4.30. The van der Waals surface area contributed by atoms with E-state index >= 15 is 0 Å². The standard InChI is InChI=1S/C19H18BrF4N3O4S/c1-10(25-15-9-12(20)8-14(21)18(15)19(22,23)24)11-6-13(7-11)26-32(30,31)17-5-3-2-4-16(17)27(28)29/h2-5,8-11,13,25-26H,6-7H2,1H3/t10-,11?,13?/m0/s1. The molecule has 0 aliphatic heterocycles. The molecule has 0 bridgehead atoms. The Balaban J connectivity index is 1.68. The van der Waals surface area contributed by atoms with Gasteiger partial charge < -0.3 is 5.32 Å². The fourth-order valence-electron chi connectivity index (χ4n) is 3.62. The molecule has 1 aliphatic carbocycles. The monoisotopic (exact) mass is 539 g/mol. The first kappa shape index (κ1) is 24.4. The third-order valence-corrected chi connectivity index (χ3v) is 7.30. The molecule has 0 saturated heterocycles. The lowest BCUT2D eigenvalue weighted by Gasteiger charge is -2.40. The molecule has 32 heavy (non-hydrogen) atoms. The van der Waals surface area contributed by atoms with Crippen LogP contribution in [-0.2, 0) is 16.2 Å². The van der Waals surface area contributed by atoms with Crippen LogP contribution in [0.25, 0.3) is 0 Å². The number of hydrogen-bond acceptors (Lipinski definition) is 5. The Bertz CT molecular complexity index is 1140. The first-order valence-corrected chi connectivity index (χ1v) is 11.7. The van der Waals surface area contributed by atoms with Crippen molar-refractivity contribution in [2.45, 2.75) is 42.9 Å². The molecule has 0 radical (unpaired) electrons. The van der Waals surface area contributed by atoms with Gasteiger partial charge in [-0.2, -0.15) is 13.2 Å². The molecular formula is C19H18BrF4N3O4S. The van der Waals surface area contributed by atoms with Gasteiger partial charge in [0, 0.05) is 22.6 Å². The zero-order chi connectivity index (χ0) is 23.8. The van der Waals surface area contributed by atoms with Gasteiger partial charge in [-0.25, -0.2) is 17.5 Å². The van der Waals surface area contributed by atoms with Gasteiger partial charge in [-0.15, -0.1) is 0 Å². The van der Waals surface area contributed by atoms with Gasteiger partial charge in [0.15, 0.2) is 4.90 Å². The molecule has 0 aromatic heterocycles. The maximum Gasteiger partial charge on any atom is 0.421 e. The molecule has 3 rings (SSSR count). The van der Waals surface area contributed by atoms with Gasteiger partial charge in [0.1, 0.15) is 11.4 Å². The molecule has 1 atom stereocenters. The highest BCUT2D eigenvalue weighted by Gasteiger charge is 2.40. The van der Waals surface area contributed by atoms with Crippen LogP contribution in [0, 0.1) is 21.8 Å². The highest BCUT2D eigenvalue weighted by molar-refractivity contribution is 9.10. The van der Waals surface area contributed by atoms with Gasteiger partial charge in [-0.05, 0) is 43.9 Å². The summed E-state index contributed by atoms with van der Waals surface area (Å²) in [5.41, 5.74) is -2.37. The molecule has 1 aliphatic rings. The van der Waals surface area contributed by atoms with E-state index in [-0.39, 0.29) is 10.4 Å². The minimum absolute atomic E-state index is 0.140. The number of nitro groups is 1. The number of halogens is 5. The van der Waals surface area contributed by atoms with E-state index in [2.05, 4.69) is 26.0 Å². The number of anilines is 1. The van der Waals surface area contributed by atoms with Crippen LogP contribution in [0.15, 0.2) is 45.8 Å². The summed E-state index contributed by atoms with van der Waals surface area (Å²) in [7, 11) is -4.16. The number of hydrogen-bond donors (Lipinski definition) is 2. The second-order valence-electron chi connectivity index (χ2n) is 7.52. The van der Waals surface area contributed by atoms with Crippen LogP contribution in [-0.4, -0.2) is 25.4 Å². The number of alkyl halides is 3. The summed E-state index contributed by atoms with van der Waals surface area (Å²) < 4.78 is 81.4. The number of nitrogens with zero attached hydrogens (tertiary/aromatic N) is 1. The summed E-state index contributed by atoms with van der Waals surface area (Å²) in [6, 6.07) is 5.75. The number of nitro benzene ring substituents is 1. The van der Waals surface area contributed by atoms with Gasteiger partial charge in [0.25, 0.3) is 5.69 Å². The molecule has 13 heteroatoms. The average molecular weight is 540 g/mol. The quantitative estimate of drug-likeness (QED) is 0.290. The third kappa shape index (κ3) is 5.21. The van der Waals surface area contributed by atoms with E-state index in [1.807, 2.05) is 0 Å². The Labute approximate surface area is 189 Å². The van der Waals surface area contributed by atoms with Crippen LogP contribution >= 0.6 is 15.9 Å². The van der Waals surface area contributed by atoms with Crippen molar-refractivity contribution in [1.29, 1.82) is 0 Å². The number of sulfonamides is 1. The molecule has 0 amide bonds. The number of rotatable bonds is 7. The van der Waals surface area contributed by atoms with Crippen molar-refractivity contribution in [3.63, 3.8) is 0 Å². The van der Waals surface area contributed by atoms with E-state index in [0.717, 1.165) is 24.3 Å². The number of benzene rings is 2. The zero-order valence-electron chi connectivity index (χ0n) is 16.5. The Morgan fingerprint density at radius 3 is 2.44 bits per heavy atom. The zero-order valence-corrected chi connectivity index (χ0v) is 18.9. The maximum absolute atomic E-state index is 13.9. The normalized spacial score (nSPS) is 19.8. The van der Waals surface area contributed by atoms with Crippen molar-refractivity contribution in [3.8, 4) is 0 Å². The fourth-order valence-corrected chi connectivity index (χ4v) is 5.49. The molecular weight excluding hydrogens is 522 g/mol. The van der Waals surface area contributed by atoms with E-state index in [4.69, 9.17) is 0 Å². The molecule has 1 saturated carbocycles. The van der Waals surface area contributed by atoms with Crippen LogP contribution in [0.1, 0.15) is 25.3 Å². The molecule has 174 valence electrons. The van der Waals surface area contributed by atoms with Crippen LogP contribution in [0.5, 0.6) is 0 Å². The largest absolute Gasteiger partial charge is 0.421 e. The van der Waals surface area contributed by atoms with Crippen molar-refractivity contribution >= 4 is 37.3 Å². The van der Waals surface area contributed by atoms with Crippen molar-refractivity contribution < 1.29 is 30.9 Å². The lowest BCUT2D eigenvalue weighted by atomic mass is 9.76. The van der Waals surface area contributed by atoms with Crippen molar-refractivity contribution in [2.75, 3.05) is 5.32 Å². The SMILES string of the molecule is C[C@H](Nc1cc(Br)cc(F)c1C(F)(F)F)C1CC(NS(=O)(=O)c2ccccc2[N+](=O)[O-])C1. The molecule has 0 heterocycles. The van der Waals surface area contributed by atoms with Crippen LogP contribution in [0.2, 0.25) is 0 Å². The summed E-state index contributed by atoms with van der Waals surface area (Å²) in [4.78, 5) is 9.84. The van der Waals surface area contributed by atoms with Gasteiger partial charge in [0.05, 0.1) is 10.6 Å². The second kappa shape index (κ2) is 8.94. The van der Waals surface area contributed by atoms with E-state index in [0.29, 0.717) is 12.8 Å². The predicted molar refractivity (Wildman–Crippen MR) is 112 cm³/mol. The minimum Gasteiger partial charge on any atom is -0.382 e. The van der Waals surface area contributed by atoms with Crippen molar-refractivity contribution in [3.05, 3.63) is 62.4 Å². The summed E-state index contributed by atoms with van der Waals surface area (Å²) >= 11 is 2.98. The average Bonchev–Trinajstić information content (AvgIpc) is 2.62. The van der Waals surface area contributed by atoms with Gasteiger partial charge in [-0.3, -0.25) is 10.1 Å². The maximum atomic E-state index is 13.9. The molecule has 0 unspecified atom stereocenters. The number of para-hydroxylation sites is 1. The van der Waals surface area contributed by atoms with E-state index < -0.39 is 60.9 Å². The molecule has 2 aromatic carbocycles. The Morgan fingerprint density at radius 1 is 1.22 bits per heavy atom. The van der Waals surface area contributed by atoms with Crippen LogP contribution < -0.4 is 10.0 Å². The first-order valence-electron chi connectivity index (χ1n) is 9.38. The molecule has 7 nitrogen and oxygen atoms in total. The predicted octanol–water partition coefficient (Wildman–Crippen LogP) is 5.07. The Morgan fingerprint density at radius 2 is 1.84 bits per heavy atom. The lowest BCUT2D eigenvalue weighted by molar-refractivity contribution is -0.387. The van der Waals surface area contributed by atoms with Crippen molar-refractivity contribution in [2.24, 2.45) is 5.92 Å². The highest BCUT2D eigenvalue weighted by Crippen LogP contribution is 2.40. The molecule has 1 fully saturated rings. The first-order chi connectivity index (χ1) is 14.8. The van der Waals surface area contributed by atoms with E-state index in [9.17, 15) is 36.1 Å². The lowest BCUT2D eigenvalue weighted by Crippen LogP contribution is -2.48. The summed E-state index contributed by atoms with van der Waals surface area (Å²) in [6.45, 7) is 1.62. The van der Waals surface area contributed by atoms with E-state index in [1.54, 1.807) is 6.92 Å². The third-order valence-electron chi connectivity index (χ3n) is 5.28. The smallest absolute Gasteiger partial charge is 0.382 e. The summed E-state index contributed by atoms with van der Waals surface area (Å²) in [5.74, 6) is -1.61. The van der Waals surface area contributed by atoms with Gasteiger partial charge >= 0.3 is 6.18 Å². The van der Waals surface area contributed by atoms with Gasteiger partial charge in [0.2, 0.25) is 10.0 Å². The molecule has 2 N–H and O–H groups in total. The molecule has 0 spiro atoms. The fraction of sp³-hybridized carbons (Fsp3) is 0.368.